The molecule has 3 aromatic carbocycles. The fourth-order valence-electron chi connectivity index (χ4n) is 6.40. The van der Waals surface area contributed by atoms with Crippen molar-refractivity contribution in [2.45, 2.75) is 92.9 Å². The molecular formula is C34H44N5O6. The number of anilines is 2. The molecule has 0 aliphatic carbocycles. The van der Waals surface area contributed by atoms with Gasteiger partial charge in [0.25, 0.3) is 5.69 Å². The van der Waals surface area contributed by atoms with Gasteiger partial charge >= 0.3 is 11.4 Å². The van der Waals surface area contributed by atoms with Crippen molar-refractivity contribution in [1.29, 1.82) is 0 Å². The summed E-state index contributed by atoms with van der Waals surface area (Å²) in [6.07, 6.45) is 1.83. The topological polar surface area (TPSA) is 147 Å². The third-order valence-corrected chi connectivity index (χ3v) is 7.59. The van der Waals surface area contributed by atoms with E-state index in [-0.39, 0.29) is 21.7 Å². The lowest BCUT2D eigenvalue weighted by Gasteiger charge is -2.34. The molecule has 1 radical (unpaired) electrons. The van der Waals surface area contributed by atoms with Gasteiger partial charge in [-0.05, 0) is 69.9 Å². The Kier molecular flexibility index (Phi) is 9.67. The molecule has 3 rings (SSSR count). The molecule has 0 unspecified atom stereocenters. The van der Waals surface area contributed by atoms with E-state index in [1.165, 1.54) is 5.01 Å². The van der Waals surface area contributed by atoms with Crippen LogP contribution in [0.25, 0.3) is 0 Å². The molecule has 11 nitrogen and oxygen atoms in total. The fourth-order valence-corrected chi connectivity index (χ4v) is 6.40. The van der Waals surface area contributed by atoms with Gasteiger partial charge in [0.05, 0.1) is 38.3 Å². The van der Waals surface area contributed by atoms with Gasteiger partial charge in [0.15, 0.2) is 0 Å². The van der Waals surface area contributed by atoms with Crippen LogP contribution in [0.15, 0.2) is 60.7 Å². The van der Waals surface area contributed by atoms with Gasteiger partial charge in [-0.25, -0.2) is 5.01 Å². The van der Waals surface area contributed by atoms with E-state index in [4.69, 9.17) is 0 Å². The molecule has 0 N–H and O–H groups in total. The number of nitrogens with zero attached hydrogens (tertiary/aromatic N) is 5. The Morgan fingerprint density at radius 3 is 1.18 bits per heavy atom. The molecule has 0 amide bonds. The largest absolute Gasteiger partial charge is 0.310 e. The number of rotatable bonds is 11. The molecule has 0 aliphatic rings. The molecule has 0 saturated heterocycles. The van der Waals surface area contributed by atoms with E-state index < -0.39 is 37.5 Å². The van der Waals surface area contributed by atoms with Crippen molar-refractivity contribution in [3.63, 3.8) is 0 Å². The predicted molar refractivity (Wildman–Crippen MR) is 177 cm³/mol. The molecule has 0 saturated carbocycles. The number of nitro benzene ring substituents is 3. The van der Waals surface area contributed by atoms with Crippen LogP contribution in [0.1, 0.15) is 93.2 Å². The standard InChI is InChI=1S/C34H44N5O6/c1-31(2,3)21-33(7,8)23-11-15-25(16-12-23)36(26-17-13-24(14-18-26)34(9,10)22-32(4,5)6)35-30-28(38(42)43)19-27(37(40)41)20-29(30)39(44)45/h11-20H,21-22H2,1-10H3. The molecule has 45 heavy (non-hydrogen) atoms. The third-order valence-electron chi connectivity index (χ3n) is 7.59. The van der Waals surface area contributed by atoms with E-state index in [1.807, 2.05) is 48.5 Å². The van der Waals surface area contributed by atoms with Crippen molar-refractivity contribution >= 4 is 34.1 Å². The van der Waals surface area contributed by atoms with Crippen molar-refractivity contribution in [2.24, 2.45) is 10.8 Å². The van der Waals surface area contributed by atoms with Crippen LogP contribution in [0.4, 0.5) is 34.1 Å². The third kappa shape index (κ3) is 8.77. The van der Waals surface area contributed by atoms with Crippen molar-refractivity contribution in [2.75, 3.05) is 5.01 Å². The molecule has 11 heteroatoms. The molecule has 0 spiro atoms. The van der Waals surface area contributed by atoms with Crippen LogP contribution in [0, 0.1) is 41.2 Å². The minimum atomic E-state index is -0.905. The summed E-state index contributed by atoms with van der Waals surface area (Å²) in [4.78, 5) is 32.8. The molecular weight excluding hydrogens is 574 g/mol. The second-order valence-electron chi connectivity index (χ2n) is 15.4. The summed E-state index contributed by atoms with van der Waals surface area (Å²) in [5.41, 5.74) is 4.45. The minimum absolute atomic E-state index is 0.0832. The monoisotopic (exact) mass is 618 g/mol. The second-order valence-corrected chi connectivity index (χ2v) is 15.4. The highest BCUT2D eigenvalue weighted by Gasteiger charge is 2.34. The molecule has 3 aromatic rings. The van der Waals surface area contributed by atoms with Gasteiger partial charge < -0.3 is 0 Å². The fraction of sp³-hybridized carbons (Fsp3) is 0.471. The van der Waals surface area contributed by atoms with Gasteiger partial charge in [0.1, 0.15) is 0 Å². The van der Waals surface area contributed by atoms with E-state index in [0.29, 0.717) is 23.5 Å². The van der Waals surface area contributed by atoms with Crippen molar-refractivity contribution in [3.8, 4) is 0 Å². The van der Waals surface area contributed by atoms with Gasteiger partial charge in [-0.1, -0.05) is 93.5 Å². The van der Waals surface area contributed by atoms with Gasteiger partial charge in [-0.15, -0.1) is 0 Å². The Labute approximate surface area is 265 Å². The average Bonchev–Trinajstić information content (AvgIpc) is 2.88. The van der Waals surface area contributed by atoms with Crippen LogP contribution >= 0.6 is 0 Å². The lowest BCUT2D eigenvalue weighted by atomic mass is 9.72. The number of benzene rings is 3. The van der Waals surface area contributed by atoms with E-state index >= 15 is 0 Å². The summed E-state index contributed by atoms with van der Waals surface area (Å²) >= 11 is 0. The van der Waals surface area contributed by atoms with Crippen LogP contribution in [-0.2, 0) is 10.8 Å². The SMILES string of the molecule is CC(C)(C)CC(C)(C)c1ccc(N([N]c2c([N+](=O)[O-])cc([N+](=O)[O-])cc2[N+](=O)[O-])c2ccc(C(C)(C)CC(C)(C)C)cc2)cc1. The Balaban J connectivity index is 2.20. The highest BCUT2D eigenvalue weighted by atomic mass is 16.6. The quantitative estimate of drug-likeness (QED) is 0.153. The Morgan fingerprint density at radius 2 is 0.911 bits per heavy atom. The average molecular weight is 619 g/mol. The molecule has 0 fully saturated rings. The lowest BCUT2D eigenvalue weighted by Crippen LogP contribution is -2.27. The van der Waals surface area contributed by atoms with Crippen LogP contribution in [0.2, 0.25) is 0 Å². The number of nitro groups is 3. The Morgan fingerprint density at radius 1 is 0.578 bits per heavy atom. The summed E-state index contributed by atoms with van der Waals surface area (Å²) in [5.74, 6) is 0. The summed E-state index contributed by atoms with van der Waals surface area (Å²) in [7, 11) is 0. The van der Waals surface area contributed by atoms with Crippen molar-refractivity contribution in [1.82, 2.24) is 5.43 Å². The molecule has 0 bridgehead atoms. The highest BCUT2D eigenvalue weighted by molar-refractivity contribution is 5.76. The van der Waals surface area contributed by atoms with Crippen LogP contribution in [0.3, 0.4) is 0 Å². The smallest absolute Gasteiger partial charge is 0.258 e. The Bertz CT molecular complexity index is 1460. The zero-order chi connectivity index (χ0) is 34.1. The van der Waals surface area contributed by atoms with Gasteiger partial charge in [0, 0.05) is 0 Å². The molecule has 0 aliphatic heterocycles. The van der Waals surface area contributed by atoms with E-state index in [0.717, 1.165) is 24.0 Å². The molecule has 241 valence electrons. The first-order valence-corrected chi connectivity index (χ1v) is 14.8. The minimum Gasteiger partial charge on any atom is -0.258 e. The van der Waals surface area contributed by atoms with Gasteiger partial charge in [-0.2, -0.15) is 5.43 Å². The number of hydrogen-bond donors (Lipinski definition) is 0. The van der Waals surface area contributed by atoms with E-state index in [2.05, 4.69) is 74.7 Å². The zero-order valence-corrected chi connectivity index (χ0v) is 27.9. The van der Waals surface area contributed by atoms with Crippen molar-refractivity contribution < 1.29 is 14.8 Å². The van der Waals surface area contributed by atoms with Crippen LogP contribution < -0.4 is 10.4 Å². The van der Waals surface area contributed by atoms with Crippen LogP contribution in [-0.4, -0.2) is 14.8 Å². The predicted octanol–water partition coefficient (Wildman–Crippen LogP) is 9.83. The van der Waals surface area contributed by atoms with E-state index in [1.54, 1.807) is 0 Å². The maximum atomic E-state index is 12.0. The first-order valence-electron chi connectivity index (χ1n) is 14.8. The second kappa shape index (κ2) is 12.5. The first kappa shape index (κ1) is 34.9. The summed E-state index contributed by atoms with van der Waals surface area (Å²) < 4.78 is 0. The maximum absolute atomic E-state index is 12.0. The van der Waals surface area contributed by atoms with Crippen LogP contribution in [0.5, 0.6) is 0 Å². The number of non-ortho nitro benzene ring substituents is 1. The van der Waals surface area contributed by atoms with Gasteiger partial charge in [0.2, 0.25) is 5.69 Å². The summed E-state index contributed by atoms with van der Waals surface area (Å²) in [6.45, 7) is 21.7. The first-order chi connectivity index (χ1) is 20.5. The molecule has 0 atom stereocenters. The maximum Gasteiger partial charge on any atom is 0.310 e. The van der Waals surface area contributed by atoms with Crippen molar-refractivity contribution in [3.05, 3.63) is 102 Å². The summed E-state index contributed by atoms with van der Waals surface area (Å²) in [5, 5.41) is 36.9. The molecule has 0 aromatic heterocycles. The van der Waals surface area contributed by atoms with E-state index in [9.17, 15) is 30.3 Å². The highest BCUT2D eigenvalue weighted by Crippen LogP contribution is 2.43. The summed E-state index contributed by atoms with van der Waals surface area (Å²) in [6, 6.07) is 16.5. The number of hydrogen-bond acceptors (Lipinski definition) is 7. The Hall–Kier alpha value is -4.54. The lowest BCUT2D eigenvalue weighted by molar-refractivity contribution is -0.402. The molecule has 0 heterocycles. The van der Waals surface area contributed by atoms with Gasteiger partial charge in [-0.3, -0.25) is 30.3 Å². The zero-order valence-electron chi connectivity index (χ0n) is 27.9. The normalized spacial score (nSPS) is 12.5.